The zero-order valence-corrected chi connectivity index (χ0v) is 14.0. The first kappa shape index (κ1) is 16.4. The first-order chi connectivity index (χ1) is 11.4. The molecule has 1 aromatic carbocycles. The van der Waals surface area contributed by atoms with Gasteiger partial charge in [-0.15, -0.1) is 0 Å². The van der Waals surface area contributed by atoms with Crippen molar-refractivity contribution in [3.8, 4) is 0 Å². The lowest BCUT2D eigenvalue weighted by molar-refractivity contribution is 0.0988. The fourth-order valence-corrected chi connectivity index (χ4v) is 4.29. The van der Waals surface area contributed by atoms with Crippen LogP contribution in [0.2, 0.25) is 0 Å². The van der Waals surface area contributed by atoms with Gasteiger partial charge in [-0.2, -0.15) is 0 Å². The molecule has 24 heavy (non-hydrogen) atoms. The average molecular weight is 346 g/mol. The average Bonchev–Trinajstić information content (AvgIpc) is 2.93. The van der Waals surface area contributed by atoms with E-state index in [1.165, 1.54) is 11.2 Å². The number of hydrogen-bond donors (Lipinski definition) is 1. The first-order valence-corrected chi connectivity index (χ1v) is 9.39. The number of hydrogen-bond acceptors (Lipinski definition) is 6. The molecule has 1 atom stereocenters. The second-order valence-electron chi connectivity index (χ2n) is 5.73. The molecule has 1 aliphatic rings. The largest absolute Gasteiger partial charge is 0.366 e. The van der Waals surface area contributed by atoms with E-state index < -0.39 is 9.84 Å². The number of nitrogens with one attached hydrogen (secondary N) is 1. The number of aromatic nitrogens is 2. The van der Waals surface area contributed by atoms with Crippen LogP contribution >= 0.6 is 0 Å². The summed E-state index contributed by atoms with van der Waals surface area (Å²) in [5.41, 5.74) is 1.01. The van der Waals surface area contributed by atoms with Crippen LogP contribution < -0.4 is 10.2 Å². The highest BCUT2D eigenvalue weighted by Crippen LogP contribution is 2.18. The zero-order valence-electron chi connectivity index (χ0n) is 13.2. The van der Waals surface area contributed by atoms with Crippen LogP contribution in [0.25, 0.3) is 0 Å². The molecule has 8 heteroatoms. The van der Waals surface area contributed by atoms with Gasteiger partial charge in [0, 0.05) is 24.8 Å². The quantitative estimate of drug-likeness (QED) is 0.898. The highest BCUT2D eigenvalue weighted by molar-refractivity contribution is 7.91. The van der Waals surface area contributed by atoms with Crippen molar-refractivity contribution >= 4 is 27.2 Å². The molecule has 0 bridgehead atoms. The van der Waals surface area contributed by atoms with Crippen molar-refractivity contribution in [3.63, 3.8) is 0 Å². The second-order valence-corrected chi connectivity index (χ2v) is 7.96. The van der Waals surface area contributed by atoms with Gasteiger partial charge in [-0.1, -0.05) is 18.2 Å². The maximum atomic E-state index is 12.5. The number of anilines is 2. The molecule has 1 fully saturated rings. The molecule has 0 saturated carbocycles. The summed E-state index contributed by atoms with van der Waals surface area (Å²) in [7, 11) is -1.30. The Morgan fingerprint density at radius 3 is 2.67 bits per heavy atom. The molecule has 126 valence electrons. The number of nitrogens with zero attached hydrogens (tertiary/aromatic N) is 3. The van der Waals surface area contributed by atoms with Crippen molar-refractivity contribution in [1.82, 2.24) is 9.97 Å². The minimum Gasteiger partial charge on any atom is -0.366 e. The molecule has 1 aromatic heterocycles. The first-order valence-electron chi connectivity index (χ1n) is 7.57. The second kappa shape index (κ2) is 6.56. The monoisotopic (exact) mass is 346 g/mol. The predicted molar refractivity (Wildman–Crippen MR) is 91.9 cm³/mol. The topological polar surface area (TPSA) is 92.3 Å². The summed E-state index contributed by atoms with van der Waals surface area (Å²) < 4.78 is 23.0. The van der Waals surface area contributed by atoms with Gasteiger partial charge in [0.1, 0.15) is 17.8 Å². The number of carbonyl (C=O) groups is 1. The van der Waals surface area contributed by atoms with Gasteiger partial charge in [-0.25, -0.2) is 18.4 Å². The Kier molecular flexibility index (Phi) is 4.48. The highest BCUT2D eigenvalue weighted by atomic mass is 32.2. The Labute approximate surface area is 140 Å². The number of rotatable bonds is 4. The van der Waals surface area contributed by atoms with E-state index in [2.05, 4.69) is 15.3 Å². The zero-order chi connectivity index (χ0) is 17.2. The van der Waals surface area contributed by atoms with E-state index in [9.17, 15) is 13.2 Å². The van der Waals surface area contributed by atoms with Crippen LogP contribution in [0, 0.1) is 0 Å². The minimum atomic E-state index is -2.97. The van der Waals surface area contributed by atoms with Crippen LogP contribution in [0.1, 0.15) is 16.9 Å². The third-order valence-corrected chi connectivity index (χ3v) is 5.69. The molecule has 0 radical (unpaired) electrons. The summed E-state index contributed by atoms with van der Waals surface area (Å²) in [5, 5.41) is 3.07. The molecule has 1 saturated heterocycles. The van der Waals surface area contributed by atoms with Crippen LogP contribution in [-0.4, -0.2) is 48.9 Å². The van der Waals surface area contributed by atoms with Crippen LogP contribution in [0.15, 0.2) is 42.7 Å². The van der Waals surface area contributed by atoms with Gasteiger partial charge in [0.25, 0.3) is 5.91 Å². The summed E-state index contributed by atoms with van der Waals surface area (Å²) in [5.74, 6) is 0.463. The Balaban J connectivity index is 1.74. The Morgan fingerprint density at radius 1 is 1.25 bits per heavy atom. The molecular formula is C16H18N4O3S. The van der Waals surface area contributed by atoms with Crippen molar-refractivity contribution in [2.45, 2.75) is 12.5 Å². The lowest BCUT2D eigenvalue weighted by atomic mass is 10.2. The molecule has 7 nitrogen and oxygen atoms in total. The molecule has 1 N–H and O–H groups in total. The standard InChI is InChI=1S/C16H18N4O3S/c1-20(13-5-3-2-4-6-13)16(21)14-9-15(18-11-17-14)19-12-7-8-24(22,23)10-12/h2-6,9,11-12H,7-8,10H2,1H3,(H,17,18,19). The summed E-state index contributed by atoms with van der Waals surface area (Å²) in [4.78, 5) is 22.2. The summed E-state index contributed by atoms with van der Waals surface area (Å²) in [6, 6.07) is 10.6. The summed E-state index contributed by atoms with van der Waals surface area (Å²) in [6.45, 7) is 0. The Morgan fingerprint density at radius 2 is 2.00 bits per heavy atom. The molecule has 3 rings (SSSR count). The van der Waals surface area contributed by atoms with Gasteiger partial charge >= 0.3 is 0 Å². The maximum Gasteiger partial charge on any atom is 0.276 e. The molecular weight excluding hydrogens is 328 g/mol. The van der Waals surface area contributed by atoms with E-state index in [1.807, 2.05) is 30.3 Å². The molecule has 2 aromatic rings. The Hall–Kier alpha value is -2.48. The predicted octanol–water partition coefficient (Wildman–Crippen LogP) is 1.35. The van der Waals surface area contributed by atoms with Gasteiger partial charge in [-0.3, -0.25) is 4.79 Å². The summed E-state index contributed by atoms with van der Waals surface area (Å²) in [6.07, 6.45) is 1.84. The van der Waals surface area contributed by atoms with E-state index in [0.29, 0.717) is 12.2 Å². The normalized spacial score (nSPS) is 19.0. The van der Waals surface area contributed by atoms with Crippen molar-refractivity contribution < 1.29 is 13.2 Å². The number of amides is 1. The lowest BCUT2D eigenvalue weighted by Gasteiger charge is -2.17. The highest BCUT2D eigenvalue weighted by Gasteiger charge is 2.28. The van der Waals surface area contributed by atoms with E-state index in [4.69, 9.17) is 0 Å². The number of carbonyl (C=O) groups excluding carboxylic acids is 1. The minimum absolute atomic E-state index is 0.0875. The Bertz CT molecular complexity index is 839. The molecule has 0 spiro atoms. The van der Waals surface area contributed by atoms with Crippen LogP contribution in [0.3, 0.4) is 0 Å². The molecule has 1 amide bonds. The van der Waals surface area contributed by atoms with Gasteiger partial charge < -0.3 is 10.2 Å². The van der Waals surface area contributed by atoms with Gasteiger partial charge in [0.05, 0.1) is 11.5 Å². The lowest BCUT2D eigenvalue weighted by Crippen LogP contribution is -2.27. The van der Waals surface area contributed by atoms with Crippen molar-refractivity contribution in [3.05, 3.63) is 48.4 Å². The fraction of sp³-hybridized carbons (Fsp3) is 0.312. The SMILES string of the molecule is CN(C(=O)c1cc(NC2CCS(=O)(=O)C2)ncn1)c1ccccc1. The van der Waals surface area contributed by atoms with Gasteiger partial charge in [0.15, 0.2) is 9.84 Å². The van der Waals surface area contributed by atoms with Crippen molar-refractivity contribution in [2.75, 3.05) is 28.8 Å². The molecule has 0 aliphatic carbocycles. The van der Waals surface area contributed by atoms with E-state index in [1.54, 1.807) is 13.1 Å². The van der Waals surface area contributed by atoms with Crippen LogP contribution in [-0.2, 0) is 9.84 Å². The third kappa shape index (κ3) is 3.70. The number of sulfone groups is 1. The molecule has 1 aliphatic heterocycles. The van der Waals surface area contributed by atoms with Crippen molar-refractivity contribution in [1.29, 1.82) is 0 Å². The maximum absolute atomic E-state index is 12.5. The number of benzene rings is 1. The van der Waals surface area contributed by atoms with Gasteiger partial charge in [-0.05, 0) is 18.6 Å². The van der Waals surface area contributed by atoms with Crippen molar-refractivity contribution in [2.24, 2.45) is 0 Å². The number of para-hydroxylation sites is 1. The molecule has 2 heterocycles. The van der Waals surface area contributed by atoms with Gasteiger partial charge in [0.2, 0.25) is 0 Å². The van der Waals surface area contributed by atoms with E-state index in [-0.39, 0.29) is 29.1 Å². The third-order valence-electron chi connectivity index (χ3n) is 3.92. The fourth-order valence-electron chi connectivity index (χ4n) is 2.61. The molecule has 1 unspecified atom stereocenters. The summed E-state index contributed by atoms with van der Waals surface area (Å²) >= 11 is 0. The smallest absolute Gasteiger partial charge is 0.276 e. The van der Waals surface area contributed by atoms with Crippen LogP contribution in [0.5, 0.6) is 0 Å². The van der Waals surface area contributed by atoms with E-state index >= 15 is 0 Å². The van der Waals surface area contributed by atoms with E-state index in [0.717, 1.165) is 5.69 Å². The van der Waals surface area contributed by atoms with Crippen LogP contribution in [0.4, 0.5) is 11.5 Å².